The fourth-order valence-electron chi connectivity index (χ4n) is 2.87. The van der Waals surface area contributed by atoms with Gasteiger partial charge < -0.3 is 4.74 Å². The van der Waals surface area contributed by atoms with E-state index in [4.69, 9.17) is 4.74 Å². The molecule has 1 atom stereocenters. The van der Waals surface area contributed by atoms with E-state index in [9.17, 15) is 4.79 Å². The summed E-state index contributed by atoms with van der Waals surface area (Å²) >= 11 is 0. The molecule has 0 spiro atoms. The van der Waals surface area contributed by atoms with Crippen molar-refractivity contribution in [3.8, 4) is 0 Å². The second-order valence-electron chi connectivity index (χ2n) is 5.16. The molecular formula is C15H18O2. The molecule has 1 aliphatic carbocycles. The molecule has 1 saturated heterocycles. The summed E-state index contributed by atoms with van der Waals surface area (Å²) in [5.41, 5.74) is 4.12. The molecule has 0 amide bonds. The number of ether oxygens (including phenoxy) is 1. The van der Waals surface area contributed by atoms with Gasteiger partial charge in [-0.25, -0.2) is 0 Å². The van der Waals surface area contributed by atoms with Crippen molar-refractivity contribution >= 4 is 5.78 Å². The van der Waals surface area contributed by atoms with Gasteiger partial charge in [0.1, 0.15) is 5.78 Å². The highest BCUT2D eigenvalue weighted by molar-refractivity contribution is 5.83. The Morgan fingerprint density at radius 3 is 3.00 bits per heavy atom. The van der Waals surface area contributed by atoms with Crippen molar-refractivity contribution in [2.45, 2.75) is 32.1 Å². The first-order chi connectivity index (χ1) is 8.33. The van der Waals surface area contributed by atoms with Crippen LogP contribution in [0.1, 0.15) is 29.5 Å². The maximum absolute atomic E-state index is 12.0. The summed E-state index contributed by atoms with van der Waals surface area (Å²) in [6.45, 7) is 1.38. The van der Waals surface area contributed by atoms with Crippen LogP contribution in [0.2, 0.25) is 0 Å². The first kappa shape index (κ1) is 11.0. The fraction of sp³-hybridized carbons (Fsp3) is 0.533. The van der Waals surface area contributed by atoms with Crippen LogP contribution < -0.4 is 0 Å². The first-order valence-electron chi connectivity index (χ1n) is 6.54. The predicted octanol–water partition coefficient (Wildman–Crippen LogP) is 2.32. The Morgan fingerprint density at radius 2 is 2.18 bits per heavy atom. The van der Waals surface area contributed by atoms with Crippen LogP contribution in [0.3, 0.4) is 0 Å². The number of hydrogen-bond acceptors (Lipinski definition) is 2. The number of carbonyl (C=O) groups excluding carboxylic acids is 1. The average molecular weight is 230 g/mol. The number of fused-ring (bicyclic) bond motifs is 1. The van der Waals surface area contributed by atoms with Crippen molar-refractivity contribution in [3.05, 3.63) is 34.9 Å². The Bertz CT molecular complexity index is 431. The van der Waals surface area contributed by atoms with Crippen molar-refractivity contribution in [1.82, 2.24) is 0 Å². The Hall–Kier alpha value is -1.15. The van der Waals surface area contributed by atoms with Crippen LogP contribution in [-0.2, 0) is 28.8 Å². The number of carbonyl (C=O) groups is 1. The van der Waals surface area contributed by atoms with E-state index >= 15 is 0 Å². The maximum atomic E-state index is 12.0. The number of rotatable bonds is 3. The number of aryl methyl sites for hydroxylation is 2. The van der Waals surface area contributed by atoms with Crippen LogP contribution in [0, 0.1) is 5.92 Å². The zero-order chi connectivity index (χ0) is 11.7. The molecule has 90 valence electrons. The second kappa shape index (κ2) is 4.61. The minimum absolute atomic E-state index is 0.142. The lowest BCUT2D eigenvalue weighted by Gasteiger charge is -2.08. The lowest BCUT2D eigenvalue weighted by Crippen LogP contribution is -2.16. The quantitative estimate of drug-likeness (QED) is 0.796. The molecule has 3 rings (SSSR count). The van der Waals surface area contributed by atoms with E-state index in [1.54, 1.807) is 0 Å². The Kier molecular flexibility index (Phi) is 2.98. The monoisotopic (exact) mass is 230 g/mol. The molecule has 1 unspecified atom stereocenters. The lowest BCUT2D eigenvalue weighted by molar-refractivity contribution is -0.122. The van der Waals surface area contributed by atoms with Crippen LogP contribution in [0.15, 0.2) is 18.2 Å². The molecular weight excluding hydrogens is 212 g/mol. The largest absolute Gasteiger partial charge is 0.381 e. The molecule has 2 heteroatoms. The SMILES string of the molecule is O=C(Cc1ccc2c(c1)CCC2)C1CCOC1. The molecule has 2 aliphatic rings. The smallest absolute Gasteiger partial charge is 0.142 e. The van der Waals surface area contributed by atoms with Gasteiger partial charge in [0.15, 0.2) is 0 Å². The van der Waals surface area contributed by atoms with Gasteiger partial charge in [0, 0.05) is 18.9 Å². The standard InChI is InChI=1S/C15H18O2/c16-15(14-6-7-17-10-14)9-11-4-5-12-2-1-3-13(12)8-11/h4-5,8,14H,1-3,6-7,9-10H2. The maximum Gasteiger partial charge on any atom is 0.142 e. The first-order valence-corrected chi connectivity index (χ1v) is 6.54. The zero-order valence-corrected chi connectivity index (χ0v) is 10.1. The van der Waals surface area contributed by atoms with E-state index in [1.165, 1.54) is 36.0 Å². The molecule has 1 aliphatic heterocycles. The summed E-state index contributed by atoms with van der Waals surface area (Å²) in [6.07, 6.45) is 5.15. The number of hydrogen-bond donors (Lipinski definition) is 0. The average Bonchev–Trinajstić information content (AvgIpc) is 2.99. The van der Waals surface area contributed by atoms with Gasteiger partial charge in [0.05, 0.1) is 6.61 Å². The molecule has 0 saturated carbocycles. The third-order valence-corrected chi connectivity index (χ3v) is 3.93. The molecule has 1 fully saturated rings. The van der Waals surface area contributed by atoms with Gasteiger partial charge in [0.2, 0.25) is 0 Å². The van der Waals surface area contributed by atoms with Crippen LogP contribution in [0.5, 0.6) is 0 Å². The van der Waals surface area contributed by atoms with Crippen LogP contribution in [-0.4, -0.2) is 19.0 Å². The van der Waals surface area contributed by atoms with Gasteiger partial charge >= 0.3 is 0 Å². The van der Waals surface area contributed by atoms with Crippen molar-refractivity contribution < 1.29 is 9.53 Å². The summed E-state index contributed by atoms with van der Waals surface area (Å²) in [5.74, 6) is 0.490. The summed E-state index contributed by atoms with van der Waals surface area (Å²) in [6, 6.07) is 6.56. The topological polar surface area (TPSA) is 26.3 Å². The van der Waals surface area contributed by atoms with Crippen LogP contribution >= 0.6 is 0 Å². The molecule has 1 heterocycles. The van der Waals surface area contributed by atoms with Crippen molar-refractivity contribution in [1.29, 1.82) is 0 Å². The number of benzene rings is 1. The minimum atomic E-state index is 0.142. The molecule has 0 radical (unpaired) electrons. The fourth-order valence-corrected chi connectivity index (χ4v) is 2.87. The van der Waals surface area contributed by atoms with Crippen molar-refractivity contribution in [3.63, 3.8) is 0 Å². The van der Waals surface area contributed by atoms with E-state index < -0.39 is 0 Å². The zero-order valence-electron chi connectivity index (χ0n) is 10.1. The van der Waals surface area contributed by atoms with Gasteiger partial charge in [0.25, 0.3) is 0 Å². The van der Waals surface area contributed by atoms with Gasteiger partial charge in [-0.3, -0.25) is 4.79 Å². The third kappa shape index (κ3) is 2.27. The number of Topliss-reactive ketones (excluding diaryl/α,β-unsaturated/α-hetero) is 1. The van der Waals surface area contributed by atoms with Crippen molar-refractivity contribution in [2.24, 2.45) is 5.92 Å². The Morgan fingerprint density at radius 1 is 1.29 bits per heavy atom. The van der Waals surface area contributed by atoms with E-state index in [0.29, 0.717) is 18.8 Å². The van der Waals surface area contributed by atoms with Crippen LogP contribution in [0.25, 0.3) is 0 Å². The predicted molar refractivity (Wildman–Crippen MR) is 66.1 cm³/mol. The van der Waals surface area contributed by atoms with E-state index in [0.717, 1.165) is 13.0 Å². The Labute approximate surface area is 102 Å². The van der Waals surface area contributed by atoms with Crippen LogP contribution in [0.4, 0.5) is 0 Å². The van der Waals surface area contributed by atoms with E-state index in [2.05, 4.69) is 18.2 Å². The molecule has 0 aromatic heterocycles. The summed E-state index contributed by atoms with van der Waals surface area (Å²) in [4.78, 5) is 12.0. The van der Waals surface area contributed by atoms with Gasteiger partial charge in [-0.2, -0.15) is 0 Å². The summed E-state index contributed by atoms with van der Waals surface area (Å²) < 4.78 is 5.27. The molecule has 2 nitrogen and oxygen atoms in total. The molecule has 17 heavy (non-hydrogen) atoms. The molecule has 0 N–H and O–H groups in total. The van der Waals surface area contributed by atoms with E-state index in [1.807, 2.05) is 0 Å². The molecule has 0 bridgehead atoms. The summed E-state index contributed by atoms with van der Waals surface area (Å²) in [7, 11) is 0. The second-order valence-corrected chi connectivity index (χ2v) is 5.16. The van der Waals surface area contributed by atoms with Gasteiger partial charge in [-0.1, -0.05) is 18.2 Å². The third-order valence-electron chi connectivity index (χ3n) is 3.93. The normalized spacial score (nSPS) is 22.7. The highest BCUT2D eigenvalue weighted by Crippen LogP contribution is 2.24. The van der Waals surface area contributed by atoms with E-state index in [-0.39, 0.29) is 5.92 Å². The number of ketones is 1. The highest BCUT2D eigenvalue weighted by atomic mass is 16.5. The highest BCUT2D eigenvalue weighted by Gasteiger charge is 2.23. The van der Waals surface area contributed by atoms with Crippen molar-refractivity contribution in [2.75, 3.05) is 13.2 Å². The molecule has 1 aromatic carbocycles. The lowest BCUT2D eigenvalue weighted by atomic mass is 9.95. The minimum Gasteiger partial charge on any atom is -0.381 e. The van der Waals surface area contributed by atoms with Gasteiger partial charge in [-0.15, -0.1) is 0 Å². The Balaban J connectivity index is 1.70. The van der Waals surface area contributed by atoms with Gasteiger partial charge in [-0.05, 0) is 42.4 Å². The molecule has 1 aromatic rings. The summed E-state index contributed by atoms with van der Waals surface area (Å²) in [5, 5.41) is 0.